The maximum Gasteiger partial charge on any atom is 0.222 e. The Morgan fingerprint density at radius 2 is 2.21 bits per heavy atom. The second kappa shape index (κ2) is 7.30. The number of hydrogen-bond acceptors (Lipinski definition) is 3. The number of likely N-dealkylation sites (tertiary alicyclic amines) is 1. The maximum absolute atomic E-state index is 12.0. The van der Waals surface area contributed by atoms with Gasteiger partial charge in [-0.05, 0) is 43.6 Å². The zero-order valence-corrected chi connectivity index (χ0v) is 12.0. The summed E-state index contributed by atoms with van der Waals surface area (Å²) in [6, 6.07) is 6.52. The van der Waals surface area contributed by atoms with Crippen LogP contribution in [0.1, 0.15) is 37.0 Å². The van der Waals surface area contributed by atoms with Crippen molar-refractivity contribution in [1.29, 1.82) is 5.26 Å². The van der Waals surface area contributed by atoms with Crippen LogP contribution in [0, 0.1) is 17.2 Å². The van der Waals surface area contributed by atoms with Crippen LogP contribution >= 0.6 is 11.3 Å². The summed E-state index contributed by atoms with van der Waals surface area (Å²) < 4.78 is 0. The van der Waals surface area contributed by atoms with Gasteiger partial charge in [0.2, 0.25) is 5.91 Å². The van der Waals surface area contributed by atoms with Crippen molar-refractivity contribution in [2.45, 2.75) is 38.5 Å². The number of amides is 1. The van der Waals surface area contributed by atoms with E-state index in [1.807, 2.05) is 4.90 Å². The quantitative estimate of drug-likeness (QED) is 0.775. The lowest BCUT2D eigenvalue weighted by Gasteiger charge is -2.29. The van der Waals surface area contributed by atoms with Gasteiger partial charge in [-0.1, -0.05) is 6.07 Å². The average molecular weight is 276 g/mol. The minimum atomic E-state index is 0.155. The molecule has 0 unspecified atom stereocenters. The van der Waals surface area contributed by atoms with Gasteiger partial charge in [0, 0.05) is 30.3 Å². The molecule has 1 saturated heterocycles. The molecule has 1 amide bonds. The van der Waals surface area contributed by atoms with Gasteiger partial charge in [-0.2, -0.15) is 5.26 Å². The Bertz CT molecular complexity index is 427. The second-order valence-electron chi connectivity index (χ2n) is 5.07. The molecule has 1 aliphatic rings. The predicted octanol–water partition coefficient (Wildman–Crippen LogP) is 3.22. The molecule has 3 nitrogen and oxygen atoms in total. The Morgan fingerprint density at radius 1 is 1.42 bits per heavy atom. The van der Waals surface area contributed by atoms with E-state index in [0.29, 0.717) is 6.42 Å². The van der Waals surface area contributed by atoms with E-state index in [1.165, 1.54) is 4.88 Å². The van der Waals surface area contributed by atoms with Gasteiger partial charge in [-0.15, -0.1) is 11.3 Å². The summed E-state index contributed by atoms with van der Waals surface area (Å²) in [6.07, 6.45) is 5.48. The Hall–Kier alpha value is -1.34. The third-order valence-corrected chi connectivity index (χ3v) is 4.61. The van der Waals surface area contributed by atoms with Gasteiger partial charge in [-0.3, -0.25) is 4.79 Å². The fraction of sp³-hybridized carbons (Fsp3) is 0.600. The van der Waals surface area contributed by atoms with Gasteiger partial charge in [0.1, 0.15) is 0 Å². The minimum Gasteiger partial charge on any atom is -0.343 e. The highest BCUT2D eigenvalue weighted by molar-refractivity contribution is 7.09. The number of nitriles is 1. The first-order chi connectivity index (χ1) is 9.29. The first-order valence-electron chi connectivity index (χ1n) is 6.99. The molecule has 2 heterocycles. The lowest BCUT2D eigenvalue weighted by Crippen LogP contribution is -2.38. The topological polar surface area (TPSA) is 44.1 Å². The van der Waals surface area contributed by atoms with Crippen LogP contribution in [0.4, 0.5) is 0 Å². The Kier molecular flexibility index (Phi) is 5.41. The smallest absolute Gasteiger partial charge is 0.222 e. The van der Waals surface area contributed by atoms with Crippen LogP contribution in [0.5, 0.6) is 0 Å². The molecule has 1 aliphatic heterocycles. The molecular formula is C15H20N2OS. The molecule has 0 atom stereocenters. The van der Waals surface area contributed by atoms with Crippen molar-refractivity contribution in [3.63, 3.8) is 0 Å². The maximum atomic E-state index is 12.0. The summed E-state index contributed by atoms with van der Waals surface area (Å²) in [5.41, 5.74) is 0. The largest absolute Gasteiger partial charge is 0.343 e. The standard InChI is InChI=1S/C15H20N2OS/c16-12-13-7-9-17(10-8-13)15(18)6-2-1-4-14-5-3-11-19-14/h3,5,11,13H,1-2,4,6-10H2. The third-order valence-electron chi connectivity index (χ3n) is 3.67. The lowest BCUT2D eigenvalue weighted by atomic mass is 9.98. The van der Waals surface area contributed by atoms with Crippen molar-refractivity contribution >= 4 is 17.2 Å². The third kappa shape index (κ3) is 4.36. The number of rotatable bonds is 5. The first-order valence-corrected chi connectivity index (χ1v) is 7.87. The molecule has 0 spiro atoms. The number of carbonyl (C=O) groups excluding carboxylic acids is 1. The van der Waals surface area contributed by atoms with Crippen molar-refractivity contribution in [3.05, 3.63) is 22.4 Å². The van der Waals surface area contributed by atoms with Crippen molar-refractivity contribution in [1.82, 2.24) is 4.90 Å². The number of thiophene rings is 1. The molecule has 0 aromatic carbocycles. The molecule has 102 valence electrons. The highest BCUT2D eigenvalue weighted by Crippen LogP contribution is 2.18. The van der Waals surface area contributed by atoms with E-state index in [2.05, 4.69) is 23.6 Å². The number of nitrogens with zero attached hydrogens (tertiary/aromatic N) is 2. The van der Waals surface area contributed by atoms with E-state index in [-0.39, 0.29) is 11.8 Å². The van der Waals surface area contributed by atoms with Crippen LogP contribution in [-0.4, -0.2) is 23.9 Å². The van der Waals surface area contributed by atoms with Gasteiger partial charge in [-0.25, -0.2) is 0 Å². The molecular weight excluding hydrogens is 256 g/mol. The van der Waals surface area contributed by atoms with E-state index in [0.717, 1.165) is 45.2 Å². The summed E-state index contributed by atoms with van der Waals surface area (Å²) in [6.45, 7) is 1.53. The molecule has 0 aliphatic carbocycles. The van der Waals surface area contributed by atoms with Gasteiger partial charge >= 0.3 is 0 Å². The Morgan fingerprint density at radius 3 is 2.84 bits per heavy atom. The highest BCUT2D eigenvalue weighted by atomic mass is 32.1. The average Bonchev–Trinajstić information content (AvgIpc) is 2.96. The normalized spacial score (nSPS) is 16.3. The SMILES string of the molecule is N#CC1CCN(C(=O)CCCCc2cccs2)CC1. The molecule has 1 aromatic rings. The molecule has 4 heteroatoms. The van der Waals surface area contributed by atoms with Crippen molar-refractivity contribution < 1.29 is 4.79 Å². The van der Waals surface area contributed by atoms with E-state index in [1.54, 1.807) is 11.3 Å². The van der Waals surface area contributed by atoms with Crippen LogP contribution in [0.25, 0.3) is 0 Å². The number of carbonyl (C=O) groups is 1. The summed E-state index contributed by atoms with van der Waals surface area (Å²) >= 11 is 1.79. The number of hydrogen-bond donors (Lipinski definition) is 0. The van der Waals surface area contributed by atoms with E-state index in [9.17, 15) is 4.79 Å². The second-order valence-corrected chi connectivity index (χ2v) is 6.10. The molecule has 0 N–H and O–H groups in total. The van der Waals surface area contributed by atoms with Crippen molar-refractivity contribution in [2.75, 3.05) is 13.1 Å². The molecule has 19 heavy (non-hydrogen) atoms. The number of piperidine rings is 1. The van der Waals surface area contributed by atoms with E-state index >= 15 is 0 Å². The summed E-state index contributed by atoms with van der Waals surface area (Å²) in [7, 11) is 0. The van der Waals surface area contributed by atoms with E-state index in [4.69, 9.17) is 5.26 Å². The summed E-state index contributed by atoms with van der Waals surface area (Å²) in [5, 5.41) is 10.9. The molecule has 0 radical (unpaired) electrons. The number of aryl methyl sites for hydroxylation is 1. The fourth-order valence-corrected chi connectivity index (χ4v) is 3.20. The fourth-order valence-electron chi connectivity index (χ4n) is 2.45. The Balaban J connectivity index is 1.61. The zero-order valence-electron chi connectivity index (χ0n) is 11.2. The van der Waals surface area contributed by atoms with Gasteiger partial charge in [0.15, 0.2) is 0 Å². The highest BCUT2D eigenvalue weighted by Gasteiger charge is 2.21. The van der Waals surface area contributed by atoms with Gasteiger partial charge in [0.25, 0.3) is 0 Å². The summed E-state index contributed by atoms with van der Waals surface area (Å²) in [4.78, 5) is 15.3. The molecule has 1 fully saturated rings. The molecule has 0 saturated carbocycles. The van der Waals surface area contributed by atoms with Crippen molar-refractivity contribution in [2.24, 2.45) is 5.92 Å². The predicted molar refractivity (Wildman–Crippen MR) is 76.8 cm³/mol. The summed E-state index contributed by atoms with van der Waals surface area (Å²) in [5.74, 6) is 0.422. The molecule has 0 bridgehead atoms. The first kappa shape index (κ1) is 14.1. The van der Waals surface area contributed by atoms with Gasteiger partial charge < -0.3 is 4.90 Å². The monoisotopic (exact) mass is 276 g/mol. The van der Waals surface area contributed by atoms with E-state index < -0.39 is 0 Å². The van der Waals surface area contributed by atoms with Crippen molar-refractivity contribution in [3.8, 4) is 6.07 Å². The minimum absolute atomic E-state index is 0.155. The van der Waals surface area contributed by atoms with Crippen LogP contribution in [0.3, 0.4) is 0 Å². The van der Waals surface area contributed by atoms with Crippen LogP contribution in [0.2, 0.25) is 0 Å². The molecule has 2 rings (SSSR count). The zero-order chi connectivity index (χ0) is 13.5. The lowest BCUT2D eigenvalue weighted by molar-refractivity contribution is -0.132. The van der Waals surface area contributed by atoms with Crippen LogP contribution < -0.4 is 0 Å². The number of unbranched alkanes of at least 4 members (excludes halogenated alkanes) is 1. The van der Waals surface area contributed by atoms with Crippen LogP contribution in [-0.2, 0) is 11.2 Å². The molecule has 1 aromatic heterocycles. The van der Waals surface area contributed by atoms with Crippen LogP contribution in [0.15, 0.2) is 17.5 Å². The van der Waals surface area contributed by atoms with Gasteiger partial charge in [0.05, 0.1) is 6.07 Å². The Labute approximate surface area is 118 Å².